The molecule has 1 heterocycles. The Labute approximate surface area is 102 Å². The summed E-state index contributed by atoms with van der Waals surface area (Å²) in [6, 6.07) is 3.65. The third kappa shape index (κ3) is 2.35. The summed E-state index contributed by atoms with van der Waals surface area (Å²) in [6.07, 6.45) is 1.17. The van der Waals surface area contributed by atoms with Crippen LogP contribution in [0.2, 0.25) is 0 Å². The van der Waals surface area contributed by atoms with Crippen molar-refractivity contribution < 1.29 is 9.13 Å². The van der Waals surface area contributed by atoms with Gasteiger partial charge in [-0.3, -0.25) is 0 Å². The van der Waals surface area contributed by atoms with Crippen molar-refractivity contribution in [3.05, 3.63) is 34.6 Å². The molecular weight excluding hydrogens is 217 g/mol. The molecular formula is C14H20FNO. The molecule has 2 rings (SSSR count). The Kier molecular flexibility index (Phi) is 3.50. The van der Waals surface area contributed by atoms with Crippen molar-refractivity contribution in [3.8, 4) is 0 Å². The second-order valence-electron chi connectivity index (χ2n) is 5.02. The Balaban J connectivity index is 2.27. The first-order valence-corrected chi connectivity index (χ1v) is 6.14. The Morgan fingerprint density at radius 1 is 1.35 bits per heavy atom. The maximum Gasteiger partial charge on any atom is 0.129 e. The van der Waals surface area contributed by atoms with Crippen LogP contribution in [0, 0.1) is 25.6 Å². The van der Waals surface area contributed by atoms with Crippen LogP contribution >= 0.6 is 0 Å². The molecule has 2 N–H and O–H groups in total. The SMILES string of the molecule is Cc1cc(C(N)C2CCOC2C)cc(C)c1F. The highest BCUT2D eigenvalue weighted by atomic mass is 19.1. The van der Waals surface area contributed by atoms with E-state index in [1.165, 1.54) is 0 Å². The van der Waals surface area contributed by atoms with Gasteiger partial charge in [0.25, 0.3) is 0 Å². The Morgan fingerprint density at radius 2 is 1.94 bits per heavy atom. The zero-order valence-electron chi connectivity index (χ0n) is 10.7. The van der Waals surface area contributed by atoms with Crippen LogP contribution in [0.25, 0.3) is 0 Å². The molecule has 0 radical (unpaired) electrons. The van der Waals surface area contributed by atoms with Gasteiger partial charge in [0.05, 0.1) is 6.10 Å². The van der Waals surface area contributed by atoms with Gasteiger partial charge in [0.15, 0.2) is 0 Å². The molecule has 1 aliphatic rings. The fourth-order valence-corrected chi connectivity index (χ4v) is 2.64. The van der Waals surface area contributed by atoms with Gasteiger partial charge in [-0.2, -0.15) is 0 Å². The van der Waals surface area contributed by atoms with Gasteiger partial charge >= 0.3 is 0 Å². The smallest absolute Gasteiger partial charge is 0.129 e. The molecule has 0 saturated carbocycles. The van der Waals surface area contributed by atoms with Crippen LogP contribution in [-0.4, -0.2) is 12.7 Å². The molecule has 0 amide bonds. The first-order valence-electron chi connectivity index (χ1n) is 6.14. The quantitative estimate of drug-likeness (QED) is 0.858. The number of benzene rings is 1. The van der Waals surface area contributed by atoms with Gasteiger partial charge in [-0.15, -0.1) is 0 Å². The molecule has 2 nitrogen and oxygen atoms in total. The number of rotatable bonds is 2. The summed E-state index contributed by atoms with van der Waals surface area (Å²) in [5.74, 6) is 0.205. The molecule has 0 bridgehead atoms. The van der Waals surface area contributed by atoms with E-state index < -0.39 is 0 Å². The number of hydrogen-bond acceptors (Lipinski definition) is 2. The van der Waals surface area contributed by atoms with Gasteiger partial charge in [0.1, 0.15) is 5.82 Å². The number of hydrogen-bond donors (Lipinski definition) is 1. The number of ether oxygens (including phenoxy) is 1. The number of halogens is 1. The third-order valence-corrected chi connectivity index (χ3v) is 3.74. The Bertz CT molecular complexity index is 396. The summed E-state index contributed by atoms with van der Waals surface area (Å²) in [6.45, 7) is 6.40. The van der Waals surface area contributed by atoms with Crippen molar-refractivity contribution in [2.24, 2.45) is 11.7 Å². The molecule has 0 aliphatic carbocycles. The van der Waals surface area contributed by atoms with E-state index in [2.05, 4.69) is 6.92 Å². The highest BCUT2D eigenvalue weighted by molar-refractivity contribution is 5.32. The maximum atomic E-state index is 13.6. The minimum atomic E-state index is -0.128. The van der Waals surface area contributed by atoms with Crippen molar-refractivity contribution in [1.82, 2.24) is 0 Å². The van der Waals surface area contributed by atoms with E-state index in [0.717, 1.165) is 18.6 Å². The lowest BCUT2D eigenvalue weighted by molar-refractivity contribution is 0.0995. The molecule has 94 valence electrons. The van der Waals surface area contributed by atoms with E-state index in [9.17, 15) is 4.39 Å². The van der Waals surface area contributed by atoms with E-state index in [-0.39, 0.29) is 18.0 Å². The van der Waals surface area contributed by atoms with E-state index in [0.29, 0.717) is 17.0 Å². The molecule has 1 fully saturated rings. The average molecular weight is 237 g/mol. The van der Waals surface area contributed by atoms with Crippen LogP contribution in [0.3, 0.4) is 0 Å². The van der Waals surface area contributed by atoms with Crippen LogP contribution < -0.4 is 5.73 Å². The number of nitrogens with two attached hydrogens (primary N) is 1. The largest absolute Gasteiger partial charge is 0.378 e. The van der Waals surface area contributed by atoms with Gasteiger partial charge in [-0.1, -0.05) is 12.1 Å². The van der Waals surface area contributed by atoms with Crippen LogP contribution in [0.5, 0.6) is 0 Å². The van der Waals surface area contributed by atoms with Crippen molar-refractivity contribution in [2.75, 3.05) is 6.61 Å². The first kappa shape index (κ1) is 12.5. The second-order valence-corrected chi connectivity index (χ2v) is 5.02. The lowest BCUT2D eigenvalue weighted by Gasteiger charge is -2.23. The van der Waals surface area contributed by atoms with Gasteiger partial charge in [-0.25, -0.2) is 4.39 Å². The molecule has 17 heavy (non-hydrogen) atoms. The molecule has 1 aromatic carbocycles. The van der Waals surface area contributed by atoms with E-state index in [1.54, 1.807) is 13.8 Å². The summed E-state index contributed by atoms with van der Waals surface area (Å²) in [7, 11) is 0. The van der Waals surface area contributed by atoms with E-state index in [1.807, 2.05) is 12.1 Å². The third-order valence-electron chi connectivity index (χ3n) is 3.74. The summed E-state index contributed by atoms with van der Waals surface area (Å²) in [5, 5.41) is 0. The van der Waals surface area contributed by atoms with Crippen LogP contribution in [0.1, 0.15) is 36.1 Å². The molecule has 3 unspecified atom stereocenters. The summed E-state index contributed by atoms with van der Waals surface area (Å²) >= 11 is 0. The lowest BCUT2D eigenvalue weighted by Crippen LogP contribution is -2.26. The predicted molar refractivity (Wildman–Crippen MR) is 66.3 cm³/mol. The summed E-state index contributed by atoms with van der Waals surface area (Å²) in [5.41, 5.74) is 8.63. The van der Waals surface area contributed by atoms with Crippen LogP contribution in [0.4, 0.5) is 4.39 Å². The van der Waals surface area contributed by atoms with Gasteiger partial charge in [0.2, 0.25) is 0 Å². The van der Waals surface area contributed by atoms with Crippen molar-refractivity contribution in [2.45, 2.75) is 39.3 Å². The average Bonchev–Trinajstić information content (AvgIpc) is 2.70. The number of aryl methyl sites for hydroxylation is 2. The van der Waals surface area contributed by atoms with Gasteiger partial charge in [-0.05, 0) is 43.9 Å². The van der Waals surface area contributed by atoms with Crippen molar-refractivity contribution in [3.63, 3.8) is 0 Å². The minimum Gasteiger partial charge on any atom is -0.378 e. The molecule has 0 spiro atoms. The zero-order valence-corrected chi connectivity index (χ0v) is 10.7. The lowest BCUT2D eigenvalue weighted by atomic mass is 9.87. The van der Waals surface area contributed by atoms with Crippen molar-refractivity contribution in [1.29, 1.82) is 0 Å². The molecule has 3 atom stereocenters. The Morgan fingerprint density at radius 3 is 2.41 bits per heavy atom. The fraction of sp³-hybridized carbons (Fsp3) is 0.571. The summed E-state index contributed by atoms with van der Waals surface area (Å²) < 4.78 is 19.1. The standard InChI is InChI=1S/C14H20FNO/c1-8-6-11(7-9(2)13(8)15)14(16)12-4-5-17-10(12)3/h6-7,10,12,14H,4-5,16H2,1-3H3. The molecule has 1 aliphatic heterocycles. The summed E-state index contributed by atoms with van der Waals surface area (Å²) in [4.78, 5) is 0. The second kappa shape index (κ2) is 4.75. The Hall–Kier alpha value is -0.930. The highest BCUT2D eigenvalue weighted by Crippen LogP contribution is 2.32. The molecule has 1 saturated heterocycles. The first-order chi connectivity index (χ1) is 8.00. The van der Waals surface area contributed by atoms with Gasteiger partial charge < -0.3 is 10.5 Å². The van der Waals surface area contributed by atoms with E-state index in [4.69, 9.17) is 10.5 Å². The maximum absolute atomic E-state index is 13.6. The highest BCUT2D eigenvalue weighted by Gasteiger charge is 2.30. The van der Waals surface area contributed by atoms with E-state index >= 15 is 0 Å². The van der Waals surface area contributed by atoms with Crippen LogP contribution in [-0.2, 0) is 4.74 Å². The topological polar surface area (TPSA) is 35.2 Å². The zero-order chi connectivity index (χ0) is 12.6. The minimum absolute atomic E-state index is 0.0644. The normalized spacial score (nSPS) is 26.2. The van der Waals surface area contributed by atoms with Crippen LogP contribution in [0.15, 0.2) is 12.1 Å². The molecule has 0 aromatic heterocycles. The fourth-order valence-electron chi connectivity index (χ4n) is 2.64. The van der Waals surface area contributed by atoms with Crippen molar-refractivity contribution >= 4 is 0 Å². The molecule has 3 heteroatoms. The molecule has 1 aromatic rings. The van der Waals surface area contributed by atoms with Gasteiger partial charge in [0, 0.05) is 18.6 Å². The monoisotopic (exact) mass is 237 g/mol. The predicted octanol–water partition coefficient (Wildman–Crippen LogP) is 2.87.